The minimum atomic E-state index is -0.294. The number of anilines is 4. The Labute approximate surface area is 272 Å². The van der Waals surface area contributed by atoms with Crippen molar-refractivity contribution < 1.29 is 9.59 Å². The third-order valence-corrected chi connectivity index (χ3v) is 9.17. The molecule has 10 nitrogen and oxygen atoms in total. The highest BCUT2D eigenvalue weighted by Gasteiger charge is 2.32. The van der Waals surface area contributed by atoms with Crippen molar-refractivity contribution in [3.05, 3.63) is 90.6 Å². The number of nitrogens with one attached hydrogen (secondary N) is 3. The average Bonchev–Trinajstić information content (AvgIpc) is 3.07. The number of urea groups is 1. The number of nitriles is 1. The molecule has 1 aliphatic carbocycles. The molecule has 2 aromatic carbocycles. The molecule has 0 radical (unpaired) electrons. The summed E-state index contributed by atoms with van der Waals surface area (Å²) in [5, 5.41) is 18.8. The molecular weight excluding hydrogens is 576 g/mol. The van der Waals surface area contributed by atoms with Crippen LogP contribution in [0.1, 0.15) is 56.7 Å². The van der Waals surface area contributed by atoms with E-state index in [4.69, 9.17) is 5.26 Å². The number of amides is 3. The van der Waals surface area contributed by atoms with E-state index in [1.807, 2.05) is 66.4 Å². The van der Waals surface area contributed by atoms with Crippen molar-refractivity contribution in [2.24, 2.45) is 0 Å². The lowest BCUT2D eigenvalue weighted by molar-refractivity contribution is -0.111. The molecule has 3 amide bonds. The summed E-state index contributed by atoms with van der Waals surface area (Å²) in [5.74, 6) is 0.447. The molecule has 240 valence electrons. The first-order valence-corrected chi connectivity index (χ1v) is 16.1. The molecule has 1 saturated heterocycles. The molecule has 46 heavy (non-hydrogen) atoms. The van der Waals surface area contributed by atoms with E-state index >= 15 is 0 Å². The van der Waals surface area contributed by atoms with Crippen molar-refractivity contribution in [2.45, 2.75) is 63.7 Å². The number of carbonyl (C=O) groups is 2. The summed E-state index contributed by atoms with van der Waals surface area (Å²) in [7, 11) is 2.13. The van der Waals surface area contributed by atoms with Gasteiger partial charge in [-0.25, -0.2) is 9.78 Å². The first kappa shape index (κ1) is 32.5. The van der Waals surface area contributed by atoms with Gasteiger partial charge in [-0.2, -0.15) is 5.26 Å². The van der Waals surface area contributed by atoms with Crippen LogP contribution in [0.25, 0.3) is 0 Å². The minimum Gasteiger partial charge on any atom is -0.367 e. The van der Waals surface area contributed by atoms with Gasteiger partial charge in [-0.3, -0.25) is 9.69 Å². The highest BCUT2D eigenvalue weighted by atomic mass is 16.2. The third-order valence-electron chi connectivity index (χ3n) is 9.17. The number of pyridine rings is 1. The first-order valence-electron chi connectivity index (χ1n) is 16.1. The summed E-state index contributed by atoms with van der Waals surface area (Å²) >= 11 is 0. The Morgan fingerprint density at radius 3 is 2.50 bits per heavy atom. The van der Waals surface area contributed by atoms with E-state index in [1.54, 1.807) is 12.3 Å². The van der Waals surface area contributed by atoms with Gasteiger partial charge in [0.25, 0.3) is 0 Å². The van der Waals surface area contributed by atoms with Crippen LogP contribution in [0.3, 0.4) is 0 Å². The molecule has 3 N–H and O–H groups in total. The number of likely N-dealkylation sites (N-methyl/N-ethyl adjacent to an activating group) is 1. The van der Waals surface area contributed by atoms with Gasteiger partial charge in [0.05, 0.1) is 23.0 Å². The molecule has 1 unspecified atom stereocenters. The molecule has 1 aromatic heterocycles. The number of benzene rings is 2. The Morgan fingerprint density at radius 2 is 1.85 bits per heavy atom. The smallest absolute Gasteiger partial charge is 0.322 e. The van der Waals surface area contributed by atoms with Crippen LogP contribution in [0.2, 0.25) is 0 Å². The zero-order valence-electron chi connectivity index (χ0n) is 26.9. The van der Waals surface area contributed by atoms with Gasteiger partial charge in [-0.1, -0.05) is 36.9 Å². The van der Waals surface area contributed by atoms with Crippen molar-refractivity contribution in [1.29, 1.82) is 5.26 Å². The van der Waals surface area contributed by atoms with Gasteiger partial charge >= 0.3 is 6.03 Å². The van der Waals surface area contributed by atoms with E-state index in [9.17, 15) is 9.59 Å². The second kappa shape index (κ2) is 14.9. The van der Waals surface area contributed by atoms with Crippen molar-refractivity contribution in [2.75, 3.05) is 47.1 Å². The number of aromatic nitrogens is 1. The van der Waals surface area contributed by atoms with Gasteiger partial charge in [0.1, 0.15) is 11.9 Å². The monoisotopic (exact) mass is 620 g/mol. The van der Waals surface area contributed by atoms with Crippen LogP contribution < -0.4 is 25.8 Å². The van der Waals surface area contributed by atoms with Gasteiger partial charge in [-0.15, -0.1) is 0 Å². The predicted octanol–water partition coefficient (Wildman–Crippen LogP) is 5.92. The SMILES string of the molecule is C=CC(=O)Nc1cc(N(C(=O)N[C@H](C)c2ccccc2)C2CCC(Nc3ccc(C#N)cn3)CC2)ccc1N1CCN(C)C(C)C1. The summed E-state index contributed by atoms with van der Waals surface area (Å²) in [5.41, 5.74) is 3.87. The quantitative estimate of drug-likeness (QED) is 0.254. The van der Waals surface area contributed by atoms with Gasteiger partial charge in [0.15, 0.2) is 0 Å². The molecule has 1 aliphatic heterocycles. The van der Waals surface area contributed by atoms with Crippen LogP contribution in [0.4, 0.5) is 27.7 Å². The Morgan fingerprint density at radius 1 is 1.09 bits per heavy atom. The van der Waals surface area contributed by atoms with E-state index < -0.39 is 0 Å². The van der Waals surface area contributed by atoms with Gasteiger partial charge in [0, 0.05) is 49.6 Å². The summed E-state index contributed by atoms with van der Waals surface area (Å²) in [4.78, 5) is 37.6. The number of nitrogens with zero attached hydrogens (tertiary/aromatic N) is 5. The fourth-order valence-electron chi connectivity index (χ4n) is 6.31. The van der Waals surface area contributed by atoms with Crippen LogP contribution >= 0.6 is 0 Å². The highest BCUT2D eigenvalue weighted by molar-refractivity contribution is 6.02. The molecule has 10 heteroatoms. The van der Waals surface area contributed by atoms with E-state index in [-0.39, 0.29) is 30.1 Å². The molecule has 2 heterocycles. The van der Waals surface area contributed by atoms with Crippen molar-refractivity contribution >= 4 is 34.8 Å². The highest BCUT2D eigenvalue weighted by Crippen LogP contribution is 2.36. The lowest BCUT2D eigenvalue weighted by Crippen LogP contribution is -2.50. The van der Waals surface area contributed by atoms with Crippen molar-refractivity contribution in [3.8, 4) is 6.07 Å². The summed E-state index contributed by atoms with van der Waals surface area (Å²) in [6, 6.07) is 21.7. The van der Waals surface area contributed by atoms with E-state index in [0.717, 1.165) is 68.1 Å². The second-order valence-electron chi connectivity index (χ2n) is 12.3. The van der Waals surface area contributed by atoms with Crippen LogP contribution in [0.5, 0.6) is 0 Å². The molecule has 0 bridgehead atoms. The number of piperazine rings is 1. The molecular formula is C36H44N8O2. The summed E-state index contributed by atoms with van der Waals surface area (Å²) in [6.07, 6.45) is 6.11. The molecule has 5 rings (SSSR count). The van der Waals surface area contributed by atoms with Gasteiger partial charge in [-0.05, 0) is 88.5 Å². The molecule has 0 spiro atoms. The average molecular weight is 621 g/mol. The maximum Gasteiger partial charge on any atom is 0.322 e. The molecule has 2 fully saturated rings. The normalized spacial score (nSPS) is 20.6. The topological polar surface area (TPSA) is 117 Å². The number of rotatable bonds is 9. The maximum atomic E-state index is 14.2. The Bertz CT molecular complexity index is 1550. The Hall–Kier alpha value is -4.88. The fourth-order valence-corrected chi connectivity index (χ4v) is 6.31. The van der Waals surface area contributed by atoms with Gasteiger partial charge < -0.3 is 25.8 Å². The molecule has 1 saturated carbocycles. The zero-order chi connectivity index (χ0) is 32.6. The van der Waals surface area contributed by atoms with E-state index in [1.165, 1.54) is 6.08 Å². The van der Waals surface area contributed by atoms with Gasteiger partial charge in [0.2, 0.25) is 5.91 Å². The van der Waals surface area contributed by atoms with E-state index in [0.29, 0.717) is 17.3 Å². The van der Waals surface area contributed by atoms with Crippen LogP contribution in [-0.2, 0) is 4.79 Å². The molecule has 2 atom stereocenters. The van der Waals surface area contributed by atoms with Crippen molar-refractivity contribution in [1.82, 2.24) is 15.2 Å². The lowest BCUT2D eigenvalue weighted by atomic mass is 9.89. The second-order valence-corrected chi connectivity index (χ2v) is 12.3. The van der Waals surface area contributed by atoms with Crippen molar-refractivity contribution in [3.63, 3.8) is 0 Å². The standard InChI is InChI=1S/C36H44N8O2/c1-5-35(45)41-32-21-31(16-17-33(32)43-20-19-42(4)25(2)24-43)44(36(46)39-26(3)28-9-7-6-8-10-28)30-14-12-29(13-15-30)40-34-18-11-27(22-37)23-38-34/h5-11,16-18,21,23,25-26,29-30H,1,12-15,19-20,24H2,2-4H3,(H,38,40)(H,39,46)(H,41,45)/t25?,26-,29?,30?/m1/s1. The maximum absolute atomic E-state index is 14.2. The minimum absolute atomic E-state index is 0.0487. The Balaban J connectivity index is 1.41. The summed E-state index contributed by atoms with van der Waals surface area (Å²) < 4.78 is 0. The fraction of sp³-hybridized carbons (Fsp3) is 0.389. The number of hydrogen-bond acceptors (Lipinski definition) is 7. The predicted molar refractivity (Wildman–Crippen MR) is 184 cm³/mol. The Kier molecular flexibility index (Phi) is 10.6. The largest absolute Gasteiger partial charge is 0.367 e. The first-order chi connectivity index (χ1) is 22.2. The molecule has 3 aromatic rings. The van der Waals surface area contributed by atoms with E-state index in [2.05, 4.69) is 57.4 Å². The lowest BCUT2D eigenvalue weighted by Gasteiger charge is -2.40. The number of hydrogen-bond donors (Lipinski definition) is 3. The van der Waals surface area contributed by atoms with Crippen LogP contribution in [0, 0.1) is 11.3 Å². The molecule has 2 aliphatic rings. The van der Waals surface area contributed by atoms with Crippen LogP contribution in [0.15, 0.2) is 79.5 Å². The van der Waals surface area contributed by atoms with Crippen LogP contribution in [-0.4, -0.2) is 66.6 Å². The summed E-state index contributed by atoms with van der Waals surface area (Å²) in [6.45, 7) is 10.4. The third kappa shape index (κ3) is 7.85. The zero-order valence-corrected chi connectivity index (χ0v) is 26.9. The number of carbonyl (C=O) groups excluding carboxylic acids is 2.